The number of rotatable bonds is 6. The molecular weight excluding hydrogens is 374 g/mol. The van der Waals surface area contributed by atoms with Gasteiger partial charge >= 0.3 is 0 Å². The minimum atomic E-state index is -0.676. The summed E-state index contributed by atoms with van der Waals surface area (Å²) in [4.78, 5) is 30.0. The molecule has 29 heavy (non-hydrogen) atoms. The summed E-state index contributed by atoms with van der Waals surface area (Å²) in [6, 6.07) is 10.3. The van der Waals surface area contributed by atoms with E-state index in [4.69, 9.17) is 9.47 Å². The quantitative estimate of drug-likeness (QED) is 0.681. The first-order valence-corrected chi connectivity index (χ1v) is 9.29. The maximum absolute atomic E-state index is 12.2. The number of carbonyl (C=O) groups excluding carboxylic acids is 1. The second-order valence-electron chi connectivity index (χ2n) is 6.82. The van der Waals surface area contributed by atoms with Gasteiger partial charge in [0.1, 0.15) is 18.1 Å². The summed E-state index contributed by atoms with van der Waals surface area (Å²) in [5, 5.41) is 10.5. The summed E-state index contributed by atoms with van der Waals surface area (Å²) in [5.74, 6) is 1.23. The zero-order chi connectivity index (χ0) is 20.4. The van der Waals surface area contributed by atoms with Gasteiger partial charge in [-0.1, -0.05) is 0 Å². The molecule has 1 aromatic carbocycles. The first kappa shape index (κ1) is 18.9. The normalized spacial score (nSPS) is 16.4. The molecule has 0 unspecified atom stereocenters. The molecule has 3 aromatic rings. The Bertz CT molecular complexity index is 1110. The van der Waals surface area contributed by atoms with Crippen molar-refractivity contribution >= 4 is 22.5 Å². The third-order valence-electron chi connectivity index (χ3n) is 4.88. The van der Waals surface area contributed by atoms with E-state index in [2.05, 4.69) is 4.98 Å². The van der Waals surface area contributed by atoms with Crippen molar-refractivity contribution in [1.82, 2.24) is 9.55 Å². The van der Waals surface area contributed by atoms with Crippen molar-refractivity contribution in [3.63, 3.8) is 0 Å². The summed E-state index contributed by atoms with van der Waals surface area (Å²) in [5.41, 5.74) is 1.16. The van der Waals surface area contributed by atoms with Crippen LogP contribution in [0.5, 0.6) is 11.5 Å². The molecule has 1 N–H and O–H groups in total. The fourth-order valence-electron chi connectivity index (χ4n) is 3.40. The van der Waals surface area contributed by atoms with Gasteiger partial charge in [0.2, 0.25) is 5.91 Å². The van der Waals surface area contributed by atoms with Crippen LogP contribution < -0.4 is 19.9 Å². The van der Waals surface area contributed by atoms with Crippen LogP contribution in [0, 0.1) is 0 Å². The third-order valence-corrected chi connectivity index (χ3v) is 4.88. The average molecular weight is 395 g/mol. The number of fused-ring (bicyclic) bond motifs is 1. The number of nitrogens with zero attached hydrogens (tertiary/aromatic N) is 3. The van der Waals surface area contributed by atoms with Gasteiger partial charge in [-0.25, -0.2) is 0 Å². The van der Waals surface area contributed by atoms with E-state index in [1.807, 2.05) is 18.2 Å². The van der Waals surface area contributed by atoms with Crippen molar-refractivity contribution in [3.8, 4) is 11.5 Å². The molecule has 0 radical (unpaired) electrons. The van der Waals surface area contributed by atoms with Gasteiger partial charge in [-0.3, -0.25) is 14.6 Å². The minimum Gasteiger partial charge on any atom is -0.497 e. The third kappa shape index (κ3) is 3.93. The molecule has 1 fully saturated rings. The summed E-state index contributed by atoms with van der Waals surface area (Å²) < 4.78 is 12.6. The zero-order valence-electron chi connectivity index (χ0n) is 15.9. The highest BCUT2D eigenvalue weighted by atomic mass is 16.5. The van der Waals surface area contributed by atoms with Crippen LogP contribution in [0.1, 0.15) is 6.42 Å². The van der Waals surface area contributed by atoms with E-state index < -0.39 is 6.10 Å². The molecule has 8 nitrogen and oxygen atoms in total. The molecule has 150 valence electrons. The molecule has 2 aromatic heterocycles. The van der Waals surface area contributed by atoms with Crippen LogP contribution in [0.4, 0.5) is 5.69 Å². The smallest absolute Gasteiger partial charge is 0.250 e. The monoisotopic (exact) mass is 395 g/mol. The average Bonchev–Trinajstić information content (AvgIpc) is 3.07. The van der Waals surface area contributed by atoms with E-state index in [0.29, 0.717) is 23.7 Å². The Hall–Kier alpha value is -3.39. The van der Waals surface area contributed by atoms with Gasteiger partial charge in [-0.2, -0.15) is 0 Å². The molecular formula is C21H21N3O5. The molecule has 1 saturated heterocycles. The van der Waals surface area contributed by atoms with Crippen molar-refractivity contribution in [2.24, 2.45) is 0 Å². The highest BCUT2D eigenvalue weighted by Crippen LogP contribution is 2.27. The number of ether oxygens (including phenoxy) is 2. The number of benzene rings is 1. The van der Waals surface area contributed by atoms with Gasteiger partial charge in [-0.05, 0) is 24.3 Å². The Morgan fingerprint density at radius 3 is 2.83 bits per heavy atom. The number of aliphatic hydroxyl groups excluding tert-OH is 1. The first-order chi connectivity index (χ1) is 14.0. The predicted octanol–water partition coefficient (Wildman–Crippen LogP) is 1.58. The lowest BCUT2D eigenvalue weighted by Gasteiger charge is -2.17. The molecule has 0 saturated carbocycles. The van der Waals surface area contributed by atoms with Gasteiger partial charge < -0.3 is 24.0 Å². The van der Waals surface area contributed by atoms with Crippen LogP contribution in [-0.4, -0.2) is 46.9 Å². The van der Waals surface area contributed by atoms with E-state index in [-0.39, 0.29) is 31.0 Å². The summed E-state index contributed by atoms with van der Waals surface area (Å²) >= 11 is 0. The molecule has 1 aliphatic heterocycles. The fraction of sp³-hybridized carbons (Fsp3) is 0.286. The van der Waals surface area contributed by atoms with E-state index in [9.17, 15) is 14.7 Å². The van der Waals surface area contributed by atoms with Crippen LogP contribution in [0.2, 0.25) is 0 Å². The maximum Gasteiger partial charge on any atom is 0.250 e. The Morgan fingerprint density at radius 2 is 2.07 bits per heavy atom. The minimum absolute atomic E-state index is 0.0993. The lowest BCUT2D eigenvalue weighted by atomic mass is 10.2. The van der Waals surface area contributed by atoms with Crippen LogP contribution >= 0.6 is 0 Å². The number of carbonyl (C=O) groups is 1. The van der Waals surface area contributed by atoms with E-state index in [1.165, 1.54) is 15.5 Å². The Kier molecular flexibility index (Phi) is 5.18. The molecule has 0 aliphatic carbocycles. The molecule has 3 heterocycles. The standard InChI is InChI=1S/C21H21N3O5/c1-28-16-3-4-17-18(11-16)22-7-6-19(17)29-9-8-23-12-14(2-5-20(23)26)24-13-15(25)10-21(24)27/h2-7,11-12,15,25H,8-10,13H2,1H3/t15-/m1/s1. The number of pyridine rings is 2. The molecule has 1 amide bonds. The van der Waals surface area contributed by atoms with E-state index in [1.54, 1.807) is 31.6 Å². The topological polar surface area (TPSA) is 93.9 Å². The summed E-state index contributed by atoms with van der Waals surface area (Å²) in [6.45, 7) is 0.822. The van der Waals surface area contributed by atoms with Crippen LogP contribution in [0.3, 0.4) is 0 Å². The number of β-amino-alcohol motifs (C(OH)–C–C–N with tert-alkyl or cyclic N) is 1. The number of amides is 1. The second kappa shape index (κ2) is 7.92. The van der Waals surface area contributed by atoms with Gasteiger partial charge in [0.25, 0.3) is 5.56 Å². The molecule has 4 rings (SSSR count). The maximum atomic E-state index is 12.2. The van der Waals surface area contributed by atoms with Crippen molar-refractivity contribution in [3.05, 3.63) is 59.1 Å². The highest BCUT2D eigenvalue weighted by Gasteiger charge is 2.29. The lowest BCUT2D eigenvalue weighted by Crippen LogP contribution is -2.28. The molecule has 1 aliphatic rings. The number of methoxy groups -OCH3 is 1. The van der Waals surface area contributed by atoms with Gasteiger partial charge in [0.05, 0.1) is 43.9 Å². The van der Waals surface area contributed by atoms with E-state index in [0.717, 1.165) is 10.9 Å². The second-order valence-corrected chi connectivity index (χ2v) is 6.82. The van der Waals surface area contributed by atoms with Crippen molar-refractivity contribution < 1.29 is 19.4 Å². The number of hydrogen-bond donors (Lipinski definition) is 1. The number of hydrogen-bond acceptors (Lipinski definition) is 6. The van der Waals surface area contributed by atoms with Gasteiger partial charge in [-0.15, -0.1) is 0 Å². The SMILES string of the molecule is COc1ccc2c(OCCn3cc(N4C[C@H](O)CC4=O)ccc3=O)ccnc2c1. The summed E-state index contributed by atoms with van der Waals surface area (Å²) in [6.07, 6.45) is 2.71. The van der Waals surface area contributed by atoms with Crippen LogP contribution in [-0.2, 0) is 11.3 Å². The number of aromatic nitrogens is 2. The van der Waals surface area contributed by atoms with Crippen molar-refractivity contribution in [2.75, 3.05) is 25.2 Å². The Labute approximate surface area is 166 Å². The number of anilines is 1. The van der Waals surface area contributed by atoms with Crippen LogP contribution in [0.15, 0.2) is 53.6 Å². The largest absolute Gasteiger partial charge is 0.497 e. The zero-order valence-corrected chi connectivity index (χ0v) is 15.9. The van der Waals surface area contributed by atoms with Crippen molar-refractivity contribution in [2.45, 2.75) is 19.1 Å². The lowest BCUT2D eigenvalue weighted by molar-refractivity contribution is -0.117. The highest BCUT2D eigenvalue weighted by molar-refractivity contribution is 5.95. The van der Waals surface area contributed by atoms with Gasteiger partial charge in [0.15, 0.2) is 0 Å². The molecule has 0 bridgehead atoms. The molecule has 0 spiro atoms. The predicted molar refractivity (Wildman–Crippen MR) is 107 cm³/mol. The first-order valence-electron chi connectivity index (χ1n) is 9.29. The Morgan fingerprint density at radius 1 is 1.21 bits per heavy atom. The number of aliphatic hydroxyl groups is 1. The van der Waals surface area contributed by atoms with E-state index >= 15 is 0 Å². The molecule has 8 heteroatoms. The van der Waals surface area contributed by atoms with Gasteiger partial charge in [0, 0.05) is 29.9 Å². The fourth-order valence-corrected chi connectivity index (χ4v) is 3.40. The summed E-state index contributed by atoms with van der Waals surface area (Å²) in [7, 11) is 1.60. The Balaban J connectivity index is 1.49. The molecule has 1 atom stereocenters. The van der Waals surface area contributed by atoms with Crippen molar-refractivity contribution in [1.29, 1.82) is 0 Å². The van der Waals surface area contributed by atoms with Crippen LogP contribution in [0.25, 0.3) is 10.9 Å².